The highest BCUT2D eigenvalue weighted by Gasteiger charge is 2.17. The second kappa shape index (κ2) is 9.49. The summed E-state index contributed by atoms with van der Waals surface area (Å²) in [6.07, 6.45) is 0. The van der Waals surface area contributed by atoms with Crippen molar-refractivity contribution < 1.29 is 8.78 Å². The SMILES string of the molecule is Fc1ccc(-c2ccc(-c3cc4cc5sc(-c6ccc(-c7ccc(F)c8nsnc78)s6)cc5cc4s3)s2)c2nsnc12. The van der Waals surface area contributed by atoms with E-state index in [4.69, 9.17) is 0 Å². The topological polar surface area (TPSA) is 51.6 Å². The third-order valence-corrected chi connectivity index (χ3v) is 13.0. The van der Waals surface area contributed by atoms with E-state index in [2.05, 4.69) is 66.0 Å². The van der Waals surface area contributed by atoms with Crippen molar-refractivity contribution >= 4 is 111 Å². The summed E-state index contributed by atoms with van der Waals surface area (Å²) in [6.45, 7) is 0. The van der Waals surface area contributed by atoms with Gasteiger partial charge in [-0.2, -0.15) is 17.5 Å². The molecule has 0 aliphatic carbocycles. The summed E-state index contributed by atoms with van der Waals surface area (Å²) in [5.41, 5.74) is 3.72. The Kier molecular flexibility index (Phi) is 5.66. The highest BCUT2D eigenvalue weighted by atomic mass is 32.1. The Morgan fingerprint density at radius 2 is 0.833 bits per heavy atom. The number of thiophene rings is 4. The van der Waals surface area contributed by atoms with Crippen molar-refractivity contribution in [3.63, 3.8) is 0 Å². The highest BCUT2D eigenvalue weighted by molar-refractivity contribution is 7.28. The fraction of sp³-hybridized carbons (Fsp3) is 0. The van der Waals surface area contributed by atoms with Gasteiger partial charge in [0.2, 0.25) is 0 Å². The lowest BCUT2D eigenvalue weighted by Gasteiger charge is -1.98. The van der Waals surface area contributed by atoms with Crippen LogP contribution >= 0.6 is 68.8 Å². The molecule has 12 heteroatoms. The van der Waals surface area contributed by atoms with Crippen LogP contribution in [-0.4, -0.2) is 17.5 Å². The number of halogens is 2. The zero-order valence-electron chi connectivity index (χ0n) is 20.9. The minimum Gasteiger partial charge on any atom is -0.204 e. The molecule has 6 heterocycles. The van der Waals surface area contributed by atoms with Crippen LogP contribution in [0.25, 0.3) is 82.6 Å². The molecule has 202 valence electrons. The van der Waals surface area contributed by atoms with Crippen LogP contribution in [0.1, 0.15) is 0 Å². The molecular formula is C30H12F2N4S6. The van der Waals surface area contributed by atoms with E-state index in [0.29, 0.717) is 22.1 Å². The van der Waals surface area contributed by atoms with Gasteiger partial charge in [0.15, 0.2) is 11.6 Å². The fourth-order valence-electron chi connectivity index (χ4n) is 5.12. The van der Waals surface area contributed by atoms with E-state index in [1.165, 1.54) is 51.8 Å². The van der Waals surface area contributed by atoms with Crippen molar-refractivity contribution in [3.8, 4) is 40.4 Å². The van der Waals surface area contributed by atoms with Crippen LogP contribution in [0, 0.1) is 11.6 Å². The monoisotopic (exact) mass is 658 g/mol. The second-order valence-electron chi connectivity index (χ2n) is 9.59. The van der Waals surface area contributed by atoms with E-state index in [9.17, 15) is 8.78 Å². The van der Waals surface area contributed by atoms with Gasteiger partial charge in [0.1, 0.15) is 22.1 Å². The van der Waals surface area contributed by atoms with E-state index in [0.717, 1.165) is 44.3 Å². The summed E-state index contributed by atoms with van der Waals surface area (Å²) < 4.78 is 47.7. The summed E-state index contributed by atoms with van der Waals surface area (Å²) in [7, 11) is 0. The van der Waals surface area contributed by atoms with Crippen LogP contribution in [0.2, 0.25) is 0 Å². The number of aromatic nitrogens is 4. The quantitative estimate of drug-likeness (QED) is 0.189. The standard InChI is InChI=1S/C30H12F2N4S6/c31-17-3-1-15(27-29(17)35-41-33-27)19-5-7-21(37-19)25-11-13-9-24-14(10-23(13)39-25)12-26(40-24)22-8-6-20(38-22)16-2-4-18(32)30-28(16)34-42-36-30/h1-12H. The number of benzene rings is 3. The molecule has 0 saturated heterocycles. The normalized spacial score (nSPS) is 12.0. The number of nitrogens with zero attached hydrogens (tertiary/aromatic N) is 4. The first kappa shape index (κ1) is 25.0. The Hall–Kier alpha value is -3.52. The molecule has 0 amide bonds. The number of rotatable bonds is 4. The van der Waals surface area contributed by atoms with E-state index >= 15 is 0 Å². The number of hydrogen-bond acceptors (Lipinski definition) is 10. The van der Waals surface area contributed by atoms with Gasteiger partial charge in [-0.15, -0.1) is 45.3 Å². The lowest BCUT2D eigenvalue weighted by atomic mass is 10.1. The third kappa shape index (κ3) is 3.90. The first-order valence-corrected chi connectivity index (χ1v) is 17.3. The van der Waals surface area contributed by atoms with Crippen LogP contribution in [-0.2, 0) is 0 Å². The van der Waals surface area contributed by atoms with E-state index in [1.807, 2.05) is 0 Å². The maximum absolute atomic E-state index is 14.1. The lowest BCUT2D eigenvalue weighted by molar-refractivity contribution is 0.637. The molecule has 0 aliphatic heterocycles. The molecule has 0 atom stereocenters. The highest BCUT2D eigenvalue weighted by Crippen LogP contribution is 2.45. The maximum Gasteiger partial charge on any atom is 0.152 e. The van der Waals surface area contributed by atoms with E-state index in [-0.39, 0.29) is 11.6 Å². The van der Waals surface area contributed by atoms with Crippen molar-refractivity contribution in [3.05, 3.63) is 84.4 Å². The fourth-order valence-corrected chi connectivity index (χ4v) is 10.7. The smallest absolute Gasteiger partial charge is 0.152 e. The largest absolute Gasteiger partial charge is 0.204 e. The molecular weight excluding hydrogens is 647 g/mol. The molecule has 0 saturated carbocycles. The summed E-state index contributed by atoms with van der Waals surface area (Å²) in [4.78, 5) is 6.86. The molecule has 42 heavy (non-hydrogen) atoms. The molecule has 0 bridgehead atoms. The molecule has 9 rings (SSSR count). The van der Waals surface area contributed by atoms with Crippen LogP contribution in [0.4, 0.5) is 8.78 Å². The summed E-state index contributed by atoms with van der Waals surface area (Å²) in [5, 5.41) is 2.44. The van der Waals surface area contributed by atoms with Crippen LogP contribution in [0.3, 0.4) is 0 Å². The van der Waals surface area contributed by atoms with Gasteiger partial charge >= 0.3 is 0 Å². The van der Waals surface area contributed by atoms with E-state index in [1.54, 1.807) is 57.5 Å². The zero-order valence-corrected chi connectivity index (χ0v) is 25.8. The van der Waals surface area contributed by atoms with Crippen molar-refractivity contribution in [2.75, 3.05) is 0 Å². The number of hydrogen-bond donors (Lipinski definition) is 0. The minimum atomic E-state index is -0.339. The molecule has 0 spiro atoms. The predicted octanol–water partition coefficient (Wildman–Crippen LogP) is 11.2. The number of fused-ring (bicyclic) bond motifs is 4. The summed E-state index contributed by atoms with van der Waals surface area (Å²) in [6, 6.07) is 24.0. The Bertz CT molecular complexity index is 2260. The predicted molar refractivity (Wildman–Crippen MR) is 177 cm³/mol. The molecule has 0 fully saturated rings. The molecule has 0 aliphatic rings. The average molecular weight is 659 g/mol. The van der Waals surface area contributed by atoms with Crippen molar-refractivity contribution in [1.82, 2.24) is 17.5 Å². The van der Waals surface area contributed by atoms with Crippen LogP contribution in [0.5, 0.6) is 0 Å². The molecule has 9 aromatic rings. The average Bonchev–Trinajstić information content (AvgIpc) is 3.83. The maximum atomic E-state index is 14.1. The van der Waals surface area contributed by atoms with Gasteiger partial charge in [-0.05, 0) is 83.6 Å². The van der Waals surface area contributed by atoms with Crippen molar-refractivity contribution in [1.29, 1.82) is 0 Å². The molecule has 0 radical (unpaired) electrons. The van der Waals surface area contributed by atoms with Crippen molar-refractivity contribution in [2.45, 2.75) is 0 Å². The summed E-state index contributed by atoms with van der Waals surface area (Å²) >= 11 is 9.01. The van der Waals surface area contributed by atoms with Crippen LogP contribution < -0.4 is 0 Å². The summed E-state index contributed by atoms with van der Waals surface area (Å²) in [5.74, 6) is -0.678. The van der Waals surface area contributed by atoms with Gasteiger partial charge in [0.05, 0.1) is 23.5 Å². The molecule has 4 nitrogen and oxygen atoms in total. The van der Waals surface area contributed by atoms with Gasteiger partial charge in [-0.25, -0.2) is 8.78 Å². The Morgan fingerprint density at radius 1 is 0.405 bits per heavy atom. The van der Waals surface area contributed by atoms with Gasteiger partial charge in [-0.3, -0.25) is 0 Å². The van der Waals surface area contributed by atoms with Crippen molar-refractivity contribution in [2.24, 2.45) is 0 Å². The van der Waals surface area contributed by atoms with Gasteiger partial charge < -0.3 is 0 Å². The second-order valence-corrected chi connectivity index (χ2v) is 15.0. The Balaban J connectivity index is 1.05. The molecule has 0 unspecified atom stereocenters. The third-order valence-electron chi connectivity index (χ3n) is 7.12. The molecule has 3 aromatic carbocycles. The molecule has 0 N–H and O–H groups in total. The van der Waals surface area contributed by atoms with Gasteiger partial charge in [0.25, 0.3) is 0 Å². The van der Waals surface area contributed by atoms with Crippen LogP contribution in [0.15, 0.2) is 72.8 Å². The lowest BCUT2D eigenvalue weighted by Crippen LogP contribution is -1.81. The zero-order chi connectivity index (χ0) is 27.9. The van der Waals surface area contributed by atoms with Gasteiger partial charge in [0, 0.05) is 49.8 Å². The Morgan fingerprint density at radius 3 is 1.31 bits per heavy atom. The molecule has 6 aromatic heterocycles. The minimum absolute atomic E-state index is 0.331. The first-order valence-electron chi connectivity index (χ1n) is 12.6. The van der Waals surface area contributed by atoms with Gasteiger partial charge in [-0.1, -0.05) is 0 Å². The Labute approximate surface area is 260 Å². The first-order chi connectivity index (χ1) is 20.6. The van der Waals surface area contributed by atoms with E-state index < -0.39 is 0 Å².